The van der Waals surface area contributed by atoms with Crippen LogP contribution in [0, 0.1) is 19.8 Å². The van der Waals surface area contributed by atoms with Crippen LogP contribution in [0.1, 0.15) is 29.5 Å². The number of piperidine rings is 1. The van der Waals surface area contributed by atoms with Crippen molar-refractivity contribution >= 4 is 33.2 Å². The van der Waals surface area contributed by atoms with Crippen molar-refractivity contribution in [3.8, 4) is 0 Å². The fraction of sp³-hybridized carbons (Fsp3) is 0.480. The van der Waals surface area contributed by atoms with Crippen molar-refractivity contribution < 1.29 is 13.2 Å². The number of nitrogens with zero attached hydrogens (tertiary/aromatic N) is 3. The standard InChI is InChI=1S/C25H32ClN3O3S/c1-19-4-3-5-24(20(19)2)27-14-16-28(17-15-27)25(30)22-10-12-29(13-11-22)33(31,32)18-21-6-8-23(26)9-7-21/h3-9,22H,10-18H2,1-2H3. The van der Waals surface area contributed by atoms with Gasteiger partial charge in [0.05, 0.1) is 5.75 Å². The third-order valence-electron chi connectivity index (χ3n) is 6.97. The summed E-state index contributed by atoms with van der Waals surface area (Å²) < 4.78 is 27.2. The Kier molecular flexibility index (Phi) is 7.31. The molecule has 0 N–H and O–H groups in total. The van der Waals surface area contributed by atoms with Crippen molar-refractivity contribution in [3.05, 3.63) is 64.2 Å². The lowest BCUT2D eigenvalue weighted by molar-refractivity contribution is -0.137. The lowest BCUT2D eigenvalue weighted by atomic mass is 9.96. The Morgan fingerprint density at radius 2 is 1.58 bits per heavy atom. The van der Waals surface area contributed by atoms with Gasteiger partial charge >= 0.3 is 0 Å². The van der Waals surface area contributed by atoms with Crippen LogP contribution in [0.4, 0.5) is 5.69 Å². The summed E-state index contributed by atoms with van der Waals surface area (Å²) in [6.45, 7) is 8.14. The minimum atomic E-state index is -3.41. The highest BCUT2D eigenvalue weighted by Crippen LogP contribution is 2.27. The monoisotopic (exact) mass is 489 g/mol. The zero-order valence-corrected chi connectivity index (χ0v) is 20.9. The summed E-state index contributed by atoms with van der Waals surface area (Å²) in [5.74, 6) is 0.0351. The fourth-order valence-electron chi connectivity index (χ4n) is 4.77. The third kappa shape index (κ3) is 5.53. The molecule has 6 nitrogen and oxygen atoms in total. The average molecular weight is 490 g/mol. The molecule has 0 aromatic heterocycles. The van der Waals surface area contributed by atoms with Crippen LogP contribution in [0.2, 0.25) is 5.02 Å². The molecule has 2 aliphatic rings. The topological polar surface area (TPSA) is 60.9 Å². The van der Waals surface area contributed by atoms with Crippen LogP contribution in [0.25, 0.3) is 0 Å². The molecule has 2 fully saturated rings. The molecule has 2 heterocycles. The van der Waals surface area contributed by atoms with Crippen LogP contribution in [0.3, 0.4) is 0 Å². The number of anilines is 1. The number of benzene rings is 2. The Balaban J connectivity index is 1.29. The van der Waals surface area contributed by atoms with Crippen molar-refractivity contribution in [2.24, 2.45) is 5.92 Å². The van der Waals surface area contributed by atoms with E-state index in [0.717, 1.165) is 18.7 Å². The number of rotatable bonds is 5. The van der Waals surface area contributed by atoms with Gasteiger partial charge < -0.3 is 9.80 Å². The molecule has 8 heteroatoms. The highest BCUT2D eigenvalue weighted by molar-refractivity contribution is 7.88. The Hall–Kier alpha value is -2.09. The van der Waals surface area contributed by atoms with Gasteiger partial charge in [-0.15, -0.1) is 0 Å². The van der Waals surface area contributed by atoms with E-state index in [-0.39, 0.29) is 17.6 Å². The number of amides is 1. The number of hydrogen-bond donors (Lipinski definition) is 0. The molecule has 2 aliphatic heterocycles. The highest BCUT2D eigenvalue weighted by Gasteiger charge is 2.34. The molecule has 178 valence electrons. The van der Waals surface area contributed by atoms with E-state index in [9.17, 15) is 13.2 Å². The summed E-state index contributed by atoms with van der Waals surface area (Å²) in [7, 11) is -3.41. The first-order chi connectivity index (χ1) is 15.7. The molecule has 2 saturated heterocycles. The van der Waals surface area contributed by atoms with Gasteiger partial charge in [0, 0.05) is 55.9 Å². The second-order valence-corrected chi connectivity index (χ2v) is 11.5. The number of carbonyl (C=O) groups is 1. The number of aryl methyl sites for hydroxylation is 1. The molecule has 0 atom stereocenters. The summed E-state index contributed by atoms with van der Waals surface area (Å²) in [5, 5.41) is 0.588. The average Bonchev–Trinajstić information content (AvgIpc) is 2.82. The molecule has 0 unspecified atom stereocenters. The molecular weight excluding hydrogens is 458 g/mol. The van der Waals surface area contributed by atoms with E-state index in [2.05, 4.69) is 36.9 Å². The first-order valence-corrected chi connectivity index (χ1v) is 13.6. The van der Waals surface area contributed by atoms with E-state index < -0.39 is 10.0 Å². The van der Waals surface area contributed by atoms with Crippen LogP contribution in [-0.4, -0.2) is 62.8 Å². The van der Waals surface area contributed by atoms with Crippen LogP contribution in [-0.2, 0) is 20.6 Å². The van der Waals surface area contributed by atoms with Crippen LogP contribution in [0.5, 0.6) is 0 Å². The van der Waals surface area contributed by atoms with Crippen LogP contribution >= 0.6 is 11.6 Å². The molecule has 33 heavy (non-hydrogen) atoms. The van der Waals surface area contributed by atoms with E-state index in [1.165, 1.54) is 21.1 Å². The maximum absolute atomic E-state index is 13.1. The maximum Gasteiger partial charge on any atom is 0.225 e. The Morgan fingerprint density at radius 1 is 0.939 bits per heavy atom. The summed E-state index contributed by atoms with van der Waals surface area (Å²) >= 11 is 5.90. The normalized spacial score (nSPS) is 18.5. The van der Waals surface area contributed by atoms with Gasteiger partial charge in [0.15, 0.2) is 0 Å². The summed E-state index contributed by atoms with van der Waals surface area (Å²) in [5.41, 5.74) is 4.55. The van der Waals surface area contributed by atoms with Gasteiger partial charge in [0.2, 0.25) is 15.9 Å². The quantitative estimate of drug-likeness (QED) is 0.640. The maximum atomic E-state index is 13.1. The van der Waals surface area contributed by atoms with Crippen molar-refractivity contribution in [2.75, 3.05) is 44.2 Å². The first-order valence-electron chi connectivity index (χ1n) is 11.6. The van der Waals surface area contributed by atoms with Gasteiger partial charge in [-0.2, -0.15) is 0 Å². The fourth-order valence-corrected chi connectivity index (χ4v) is 6.46. The number of halogens is 1. The number of hydrogen-bond acceptors (Lipinski definition) is 4. The summed E-state index contributed by atoms with van der Waals surface area (Å²) in [6, 6.07) is 13.3. The molecule has 2 aromatic rings. The third-order valence-corrected chi connectivity index (χ3v) is 9.07. The minimum Gasteiger partial charge on any atom is -0.368 e. The largest absolute Gasteiger partial charge is 0.368 e. The van der Waals surface area contributed by atoms with Crippen LogP contribution < -0.4 is 4.90 Å². The van der Waals surface area contributed by atoms with Gasteiger partial charge in [-0.05, 0) is 61.6 Å². The Bertz CT molecular complexity index is 1090. The van der Waals surface area contributed by atoms with E-state index in [1.807, 2.05) is 4.90 Å². The second-order valence-electron chi connectivity index (χ2n) is 9.09. The zero-order chi connectivity index (χ0) is 23.6. The van der Waals surface area contributed by atoms with Gasteiger partial charge in [0.1, 0.15) is 0 Å². The lowest BCUT2D eigenvalue weighted by Crippen LogP contribution is -2.52. The lowest BCUT2D eigenvalue weighted by Gasteiger charge is -2.39. The second kappa shape index (κ2) is 10.0. The Labute approximate surface area is 202 Å². The van der Waals surface area contributed by atoms with E-state index >= 15 is 0 Å². The Morgan fingerprint density at radius 3 is 2.21 bits per heavy atom. The number of piperazine rings is 1. The molecule has 0 aliphatic carbocycles. The van der Waals surface area contributed by atoms with Crippen molar-refractivity contribution in [1.29, 1.82) is 0 Å². The molecule has 2 aromatic carbocycles. The van der Waals surface area contributed by atoms with Crippen LogP contribution in [0.15, 0.2) is 42.5 Å². The number of carbonyl (C=O) groups excluding carboxylic acids is 1. The van der Waals surface area contributed by atoms with Gasteiger partial charge in [-0.1, -0.05) is 35.9 Å². The van der Waals surface area contributed by atoms with Crippen molar-refractivity contribution in [2.45, 2.75) is 32.4 Å². The van der Waals surface area contributed by atoms with Gasteiger partial charge in [-0.3, -0.25) is 4.79 Å². The summed E-state index contributed by atoms with van der Waals surface area (Å²) in [6.07, 6.45) is 1.16. The van der Waals surface area contributed by atoms with Crippen molar-refractivity contribution in [3.63, 3.8) is 0 Å². The van der Waals surface area contributed by atoms with Crippen molar-refractivity contribution in [1.82, 2.24) is 9.21 Å². The molecule has 1 amide bonds. The minimum absolute atomic E-state index is 0.0386. The molecule has 0 saturated carbocycles. The first kappa shape index (κ1) is 24.0. The molecule has 0 spiro atoms. The van der Waals surface area contributed by atoms with E-state index in [0.29, 0.717) is 44.0 Å². The van der Waals surface area contributed by atoms with Gasteiger partial charge in [0.25, 0.3) is 0 Å². The predicted molar refractivity (Wildman–Crippen MR) is 133 cm³/mol. The summed E-state index contributed by atoms with van der Waals surface area (Å²) in [4.78, 5) is 17.4. The predicted octanol–water partition coefficient (Wildman–Crippen LogP) is 3.85. The van der Waals surface area contributed by atoms with E-state index in [1.54, 1.807) is 24.3 Å². The molecule has 4 rings (SSSR count). The van der Waals surface area contributed by atoms with Gasteiger partial charge in [-0.25, -0.2) is 12.7 Å². The molecule has 0 bridgehead atoms. The highest BCUT2D eigenvalue weighted by atomic mass is 35.5. The molecule has 0 radical (unpaired) electrons. The molecular formula is C25H32ClN3O3S. The zero-order valence-electron chi connectivity index (χ0n) is 19.3. The number of sulfonamides is 1. The SMILES string of the molecule is Cc1cccc(N2CCN(C(=O)C3CCN(S(=O)(=O)Cc4ccc(Cl)cc4)CC3)CC2)c1C. The smallest absolute Gasteiger partial charge is 0.225 e. The van der Waals surface area contributed by atoms with E-state index in [4.69, 9.17) is 11.6 Å².